The van der Waals surface area contributed by atoms with Crippen LogP contribution in [0.4, 0.5) is 10.2 Å². The van der Waals surface area contributed by atoms with Gasteiger partial charge in [-0.1, -0.05) is 5.22 Å². The summed E-state index contributed by atoms with van der Waals surface area (Å²) in [4.78, 5) is 26.8. The molecule has 1 rings (SSSR count). The number of hydrogen-bond acceptors (Lipinski definition) is 6. The van der Waals surface area contributed by atoms with Crippen LogP contribution in [0.3, 0.4) is 0 Å². The van der Waals surface area contributed by atoms with Crippen LogP contribution in [0.1, 0.15) is 24.3 Å². The van der Waals surface area contributed by atoms with Gasteiger partial charge in [0.2, 0.25) is 0 Å². The van der Waals surface area contributed by atoms with Crippen molar-refractivity contribution in [2.45, 2.75) is 13.8 Å². The van der Waals surface area contributed by atoms with Crippen LogP contribution in [0.2, 0.25) is 0 Å². The molecule has 112 valence electrons. The Morgan fingerprint density at radius 3 is 2.75 bits per heavy atom. The molecule has 0 atom stereocenters. The van der Waals surface area contributed by atoms with Gasteiger partial charge in [0, 0.05) is 6.92 Å². The highest BCUT2D eigenvalue weighted by molar-refractivity contribution is 5.95. The molecule has 10 heteroatoms. The zero-order valence-corrected chi connectivity index (χ0v) is 11.2. The largest absolute Gasteiger partial charge is 0.466 e. The molecule has 1 aromatic rings. The lowest BCUT2D eigenvalue weighted by molar-refractivity contribution is -0.140. The number of amides is 1. The molecule has 0 fully saturated rings. The fraction of sp³-hybridized carbons (Fsp3) is 0.500. The topological polar surface area (TPSA) is 135 Å². The molecule has 0 aliphatic carbocycles. The number of esters is 1. The first-order chi connectivity index (χ1) is 9.52. The number of ether oxygens (including phenoxy) is 1. The van der Waals surface area contributed by atoms with Gasteiger partial charge >= 0.3 is 5.97 Å². The SMILES string of the molecule is CCOC(C)=O.NC(=O)c1[nH]cnc1NN=NCCF. The Morgan fingerprint density at radius 1 is 1.60 bits per heavy atom. The van der Waals surface area contributed by atoms with E-state index in [2.05, 4.69) is 30.5 Å². The maximum atomic E-state index is 11.6. The zero-order valence-electron chi connectivity index (χ0n) is 11.2. The standard InChI is InChI=1S/C6H9FN6O.C4H8O2/c7-1-2-11-13-12-6-4(5(8)14)9-3-10-6;1-3-6-4(2)5/h3H,1-2H2,(H2,8,14)(H,9,10)(H,11,12);3H2,1-2H3. The molecular formula is C10H17FN6O3. The molecule has 20 heavy (non-hydrogen) atoms. The third kappa shape index (κ3) is 7.74. The second-order valence-corrected chi connectivity index (χ2v) is 3.18. The van der Waals surface area contributed by atoms with Gasteiger partial charge < -0.3 is 15.5 Å². The van der Waals surface area contributed by atoms with Gasteiger partial charge in [-0.05, 0) is 6.92 Å². The average Bonchev–Trinajstić information content (AvgIpc) is 2.84. The molecular weight excluding hydrogens is 271 g/mol. The molecule has 0 aromatic carbocycles. The maximum absolute atomic E-state index is 11.6. The maximum Gasteiger partial charge on any atom is 0.302 e. The number of primary amides is 1. The van der Waals surface area contributed by atoms with E-state index >= 15 is 0 Å². The van der Waals surface area contributed by atoms with Gasteiger partial charge in [0.15, 0.2) is 5.82 Å². The first kappa shape index (κ1) is 17.5. The number of aromatic amines is 1. The van der Waals surface area contributed by atoms with Crippen LogP contribution in [0.5, 0.6) is 0 Å². The zero-order chi connectivity index (χ0) is 15.4. The van der Waals surface area contributed by atoms with Gasteiger partial charge in [-0.15, -0.1) is 0 Å². The number of halogens is 1. The monoisotopic (exact) mass is 288 g/mol. The minimum Gasteiger partial charge on any atom is -0.466 e. The fourth-order valence-corrected chi connectivity index (χ4v) is 0.941. The Labute approximate surface area is 114 Å². The molecule has 0 saturated heterocycles. The van der Waals surface area contributed by atoms with Crippen LogP contribution in [-0.2, 0) is 9.53 Å². The van der Waals surface area contributed by atoms with Gasteiger partial charge in [0.05, 0.1) is 19.5 Å². The van der Waals surface area contributed by atoms with Crippen molar-refractivity contribution in [3.05, 3.63) is 12.0 Å². The van der Waals surface area contributed by atoms with Gasteiger partial charge in [-0.3, -0.25) is 9.59 Å². The van der Waals surface area contributed by atoms with Gasteiger partial charge in [0.1, 0.15) is 12.4 Å². The lowest BCUT2D eigenvalue weighted by atomic mass is 10.4. The predicted molar refractivity (Wildman–Crippen MR) is 68.7 cm³/mol. The number of anilines is 1. The highest BCUT2D eigenvalue weighted by Crippen LogP contribution is 2.07. The third-order valence-corrected chi connectivity index (χ3v) is 1.64. The summed E-state index contributed by atoms with van der Waals surface area (Å²) in [6, 6.07) is 0. The van der Waals surface area contributed by atoms with Crippen LogP contribution in [0, 0.1) is 0 Å². The molecule has 1 amide bonds. The van der Waals surface area contributed by atoms with E-state index in [1.807, 2.05) is 0 Å². The van der Waals surface area contributed by atoms with E-state index in [4.69, 9.17) is 5.73 Å². The Kier molecular flexibility index (Phi) is 9.10. The van der Waals surface area contributed by atoms with E-state index in [0.717, 1.165) is 0 Å². The highest BCUT2D eigenvalue weighted by Gasteiger charge is 2.09. The number of carbonyl (C=O) groups excluding carboxylic acids is 2. The lowest BCUT2D eigenvalue weighted by Gasteiger charge is -1.95. The summed E-state index contributed by atoms with van der Waals surface area (Å²) >= 11 is 0. The number of imidazole rings is 1. The number of hydrogen-bond donors (Lipinski definition) is 3. The summed E-state index contributed by atoms with van der Waals surface area (Å²) in [6.45, 7) is 3.03. The highest BCUT2D eigenvalue weighted by atomic mass is 19.1. The van der Waals surface area contributed by atoms with E-state index in [-0.39, 0.29) is 24.0 Å². The molecule has 0 saturated carbocycles. The normalized spacial score (nSPS) is 9.75. The van der Waals surface area contributed by atoms with Crippen LogP contribution < -0.4 is 11.2 Å². The van der Waals surface area contributed by atoms with Gasteiger partial charge in [0.25, 0.3) is 5.91 Å². The lowest BCUT2D eigenvalue weighted by Crippen LogP contribution is -2.13. The number of nitrogens with zero attached hydrogens (tertiary/aromatic N) is 3. The van der Waals surface area contributed by atoms with E-state index in [9.17, 15) is 14.0 Å². The van der Waals surface area contributed by atoms with Gasteiger partial charge in [-0.25, -0.2) is 14.8 Å². The van der Waals surface area contributed by atoms with Crippen LogP contribution in [0.15, 0.2) is 16.7 Å². The van der Waals surface area contributed by atoms with E-state index in [0.29, 0.717) is 6.61 Å². The smallest absolute Gasteiger partial charge is 0.302 e. The van der Waals surface area contributed by atoms with E-state index in [1.54, 1.807) is 6.92 Å². The number of carbonyl (C=O) groups is 2. The molecule has 0 radical (unpaired) electrons. The third-order valence-electron chi connectivity index (χ3n) is 1.64. The quantitative estimate of drug-likeness (QED) is 0.404. The summed E-state index contributed by atoms with van der Waals surface area (Å²) in [6.07, 6.45) is 1.28. The first-order valence-corrected chi connectivity index (χ1v) is 5.67. The van der Waals surface area contributed by atoms with Crippen molar-refractivity contribution in [1.82, 2.24) is 9.97 Å². The fourth-order valence-electron chi connectivity index (χ4n) is 0.941. The van der Waals surface area contributed by atoms with Crippen molar-refractivity contribution in [3.63, 3.8) is 0 Å². The van der Waals surface area contributed by atoms with Crippen LogP contribution in [-0.4, -0.2) is 41.7 Å². The number of aromatic nitrogens is 2. The molecule has 0 aliphatic rings. The minimum absolute atomic E-state index is 0.0384. The predicted octanol–water partition coefficient (Wildman–Crippen LogP) is 0.827. The van der Waals surface area contributed by atoms with Crippen molar-refractivity contribution >= 4 is 17.7 Å². The molecule has 9 nitrogen and oxygen atoms in total. The minimum atomic E-state index is -0.661. The summed E-state index contributed by atoms with van der Waals surface area (Å²) in [5.41, 5.74) is 7.47. The van der Waals surface area contributed by atoms with E-state index in [1.165, 1.54) is 13.3 Å². The molecule has 4 N–H and O–H groups in total. The number of H-pyrrole nitrogens is 1. The van der Waals surface area contributed by atoms with E-state index < -0.39 is 12.6 Å². The number of alkyl halides is 1. The van der Waals surface area contributed by atoms with Crippen molar-refractivity contribution in [2.75, 3.05) is 25.3 Å². The summed E-state index contributed by atoms with van der Waals surface area (Å²) in [5, 5.41) is 6.79. The molecule has 0 spiro atoms. The Balaban J connectivity index is 0.000000511. The molecule has 0 aliphatic heterocycles. The second-order valence-electron chi connectivity index (χ2n) is 3.18. The Hall–Kier alpha value is -2.52. The van der Waals surface area contributed by atoms with Gasteiger partial charge in [-0.2, -0.15) is 5.11 Å². The summed E-state index contributed by atoms with van der Waals surface area (Å²) in [5.74, 6) is -0.705. The average molecular weight is 288 g/mol. The number of rotatable bonds is 6. The van der Waals surface area contributed by atoms with Crippen molar-refractivity contribution < 1.29 is 18.7 Å². The van der Waals surface area contributed by atoms with Crippen molar-refractivity contribution in [1.29, 1.82) is 0 Å². The Bertz CT molecular complexity index is 448. The first-order valence-electron chi connectivity index (χ1n) is 5.67. The molecule has 1 aromatic heterocycles. The number of nitrogens with two attached hydrogens (primary N) is 1. The van der Waals surface area contributed by atoms with Crippen molar-refractivity contribution in [2.24, 2.45) is 16.1 Å². The summed E-state index contributed by atoms with van der Waals surface area (Å²) < 4.78 is 16.0. The molecule has 0 bridgehead atoms. The van der Waals surface area contributed by atoms with Crippen LogP contribution >= 0.6 is 0 Å². The van der Waals surface area contributed by atoms with Crippen LogP contribution in [0.25, 0.3) is 0 Å². The molecule has 1 heterocycles. The number of nitrogens with one attached hydrogen (secondary N) is 2. The Morgan fingerprint density at radius 2 is 2.30 bits per heavy atom. The molecule has 0 unspecified atom stereocenters. The second kappa shape index (κ2) is 10.4. The summed E-state index contributed by atoms with van der Waals surface area (Å²) in [7, 11) is 0. The van der Waals surface area contributed by atoms with Crippen molar-refractivity contribution in [3.8, 4) is 0 Å².